The van der Waals surface area contributed by atoms with Gasteiger partial charge in [-0.1, -0.05) is 27.7 Å². The lowest BCUT2D eigenvalue weighted by molar-refractivity contribution is 0.260. The van der Waals surface area contributed by atoms with Crippen molar-refractivity contribution in [3.05, 3.63) is 11.6 Å². The molecule has 1 heterocycles. The van der Waals surface area contributed by atoms with Gasteiger partial charge in [0.2, 0.25) is 0 Å². The first-order valence-corrected chi connectivity index (χ1v) is 6.78. The average Bonchev–Trinajstić information content (AvgIpc) is 2.57. The number of nitrogens with zero attached hydrogens (tertiary/aromatic N) is 3. The third-order valence-corrected chi connectivity index (χ3v) is 2.99. The minimum Gasteiger partial charge on any atom is -0.388 e. The van der Waals surface area contributed by atoms with Crippen LogP contribution in [0.4, 0.5) is 0 Å². The van der Waals surface area contributed by atoms with Crippen molar-refractivity contribution >= 4 is 0 Å². The van der Waals surface area contributed by atoms with E-state index in [1.807, 2.05) is 0 Å². The number of rotatable bonds is 5. The zero-order valence-electron chi connectivity index (χ0n) is 12.6. The molecule has 0 radical (unpaired) electrons. The number of hydrogen-bond donors (Lipinski definition) is 1. The van der Waals surface area contributed by atoms with E-state index in [1.165, 1.54) is 0 Å². The highest BCUT2D eigenvalue weighted by molar-refractivity contribution is 4.98. The van der Waals surface area contributed by atoms with Gasteiger partial charge in [0.1, 0.15) is 12.4 Å². The van der Waals surface area contributed by atoms with Crippen molar-refractivity contribution < 1.29 is 5.11 Å². The molecular formula is C14H27N3O. The Kier molecular flexibility index (Phi) is 4.91. The smallest absolute Gasteiger partial charge is 0.159 e. The Morgan fingerprint density at radius 1 is 1.11 bits per heavy atom. The van der Waals surface area contributed by atoms with Crippen LogP contribution in [0.3, 0.4) is 0 Å². The third-order valence-electron chi connectivity index (χ3n) is 2.99. The Hall–Kier alpha value is -0.900. The van der Waals surface area contributed by atoms with E-state index in [9.17, 15) is 5.11 Å². The summed E-state index contributed by atoms with van der Waals surface area (Å²) < 4.78 is 2.05. The Morgan fingerprint density at radius 2 is 1.67 bits per heavy atom. The maximum atomic E-state index is 9.28. The molecule has 1 unspecified atom stereocenters. The highest BCUT2D eigenvalue weighted by Crippen LogP contribution is 2.26. The molecule has 0 spiro atoms. The van der Waals surface area contributed by atoms with E-state index in [0.717, 1.165) is 18.7 Å². The Bertz CT molecular complexity index is 377. The van der Waals surface area contributed by atoms with Crippen LogP contribution in [-0.4, -0.2) is 19.9 Å². The Morgan fingerprint density at radius 3 is 2.11 bits per heavy atom. The molecule has 0 aliphatic heterocycles. The van der Waals surface area contributed by atoms with Crippen LogP contribution < -0.4 is 0 Å². The zero-order chi connectivity index (χ0) is 13.9. The molecule has 104 valence electrons. The van der Waals surface area contributed by atoms with Crippen molar-refractivity contribution in [2.24, 2.45) is 11.3 Å². The molecule has 0 fully saturated rings. The summed E-state index contributed by atoms with van der Waals surface area (Å²) in [6.45, 7) is 13.2. The van der Waals surface area contributed by atoms with Gasteiger partial charge in [-0.15, -0.1) is 10.2 Å². The molecular weight excluding hydrogens is 226 g/mol. The van der Waals surface area contributed by atoms with Gasteiger partial charge >= 0.3 is 0 Å². The van der Waals surface area contributed by atoms with E-state index < -0.39 is 0 Å². The topological polar surface area (TPSA) is 50.9 Å². The molecule has 1 aromatic heterocycles. The molecule has 1 N–H and O–H groups in total. The van der Waals surface area contributed by atoms with Crippen molar-refractivity contribution in [2.45, 2.75) is 67.0 Å². The molecule has 0 amide bonds. The van der Waals surface area contributed by atoms with Crippen LogP contribution in [0, 0.1) is 11.3 Å². The van der Waals surface area contributed by atoms with E-state index in [1.54, 1.807) is 0 Å². The summed E-state index contributed by atoms with van der Waals surface area (Å²) in [6, 6.07) is 0.291. The van der Waals surface area contributed by atoms with Crippen LogP contribution in [0.1, 0.15) is 65.7 Å². The fraction of sp³-hybridized carbons (Fsp3) is 0.857. The van der Waals surface area contributed by atoms with Gasteiger partial charge in [-0.05, 0) is 31.6 Å². The quantitative estimate of drug-likeness (QED) is 0.877. The molecule has 18 heavy (non-hydrogen) atoms. The van der Waals surface area contributed by atoms with Crippen molar-refractivity contribution in [2.75, 3.05) is 0 Å². The van der Waals surface area contributed by atoms with Gasteiger partial charge in [0.05, 0.1) is 0 Å². The molecule has 0 aliphatic rings. The first-order chi connectivity index (χ1) is 8.24. The van der Waals surface area contributed by atoms with Crippen LogP contribution in [0.25, 0.3) is 0 Å². The van der Waals surface area contributed by atoms with Gasteiger partial charge in [-0.25, -0.2) is 0 Å². The van der Waals surface area contributed by atoms with Crippen LogP contribution in [0.5, 0.6) is 0 Å². The van der Waals surface area contributed by atoms with Gasteiger partial charge in [0.15, 0.2) is 5.82 Å². The van der Waals surface area contributed by atoms with Gasteiger partial charge < -0.3 is 9.67 Å². The monoisotopic (exact) mass is 253 g/mol. The van der Waals surface area contributed by atoms with Gasteiger partial charge in [0.25, 0.3) is 0 Å². The predicted octanol–water partition coefficient (Wildman–Crippen LogP) is 2.97. The summed E-state index contributed by atoms with van der Waals surface area (Å²) in [4.78, 5) is 0. The molecule has 1 rings (SSSR count). The molecule has 1 atom stereocenters. The maximum Gasteiger partial charge on any atom is 0.159 e. The summed E-state index contributed by atoms with van der Waals surface area (Å²) >= 11 is 0. The van der Waals surface area contributed by atoms with Crippen molar-refractivity contribution in [3.8, 4) is 0 Å². The Balaban J connectivity index is 2.81. The fourth-order valence-electron chi connectivity index (χ4n) is 2.63. The molecule has 0 bridgehead atoms. The summed E-state index contributed by atoms with van der Waals surface area (Å²) in [7, 11) is 0. The summed E-state index contributed by atoms with van der Waals surface area (Å²) in [5.41, 5.74) is 0.335. The van der Waals surface area contributed by atoms with Crippen LogP contribution in [-0.2, 0) is 13.0 Å². The second-order valence-corrected chi connectivity index (χ2v) is 6.73. The fourth-order valence-corrected chi connectivity index (χ4v) is 2.63. The number of aliphatic hydroxyl groups excluding tert-OH is 1. The molecule has 4 nitrogen and oxygen atoms in total. The summed E-state index contributed by atoms with van der Waals surface area (Å²) in [6.07, 6.45) is 2.08. The summed E-state index contributed by atoms with van der Waals surface area (Å²) in [5, 5.41) is 17.6. The Labute approximate surface area is 110 Å². The molecule has 4 heteroatoms. The zero-order valence-corrected chi connectivity index (χ0v) is 12.6. The molecule has 0 aliphatic carbocycles. The van der Waals surface area contributed by atoms with Crippen LogP contribution >= 0.6 is 0 Å². The van der Waals surface area contributed by atoms with Gasteiger partial charge in [0, 0.05) is 12.5 Å². The molecule has 0 saturated carbocycles. The van der Waals surface area contributed by atoms with E-state index in [4.69, 9.17) is 0 Å². The first-order valence-electron chi connectivity index (χ1n) is 6.78. The first kappa shape index (κ1) is 15.2. The average molecular weight is 253 g/mol. The second-order valence-electron chi connectivity index (χ2n) is 6.73. The van der Waals surface area contributed by atoms with Gasteiger partial charge in [-0.2, -0.15) is 0 Å². The van der Waals surface area contributed by atoms with E-state index in [2.05, 4.69) is 56.3 Å². The highest BCUT2D eigenvalue weighted by atomic mass is 16.3. The normalized spacial score (nSPS) is 14.2. The minimum atomic E-state index is -0.0428. The number of aliphatic hydroxyl groups is 1. The summed E-state index contributed by atoms with van der Waals surface area (Å²) in [5.74, 6) is 2.23. The van der Waals surface area contributed by atoms with Crippen molar-refractivity contribution in [1.29, 1.82) is 0 Å². The molecule has 0 saturated heterocycles. The van der Waals surface area contributed by atoms with E-state index in [0.29, 0.717) is 23.2 Å². The lowest BCUT2D eigenvalue weighted by atomic mass is 9.84. The van der Waals surface area contributed by atoms with Gasteiger partial charge in [-0.3, -0.25) is 0 Å². The predicted molar refractivity (Wildman–Crippen MR) is 73.3 cm³/mol. The lowest BCUT2D eigenvalue weighted by Crippen LogP contribution is -2.17. The largest absolute Gasteiger partial charge is 0.388 e. The van der Waals surface area contributed by atoms with Crippen LogP contribution in [0.15, 0.2) is 0 Å². The second kappa shape index (κ2) is 5.83. The van der Waals surface area contributed by atoms with Crippen molar-refractivity contribution in [3.63, 3.8) is 0 Å². The molecule has 1 aromatic rings. The highest BCUT2D eigenvalue weighted by Gasteiger charge is 2.20. The van der Waals surface area contributed by atoms with Crippen LogP contribution in [0.2, 0.25) is 0 Å². The number of hydrogen-bond acceptors (Lipinski definition) is 3. The third kappa shape index (κ3) is 4.09. The van der Waals surface area contributed by atoms with E-state index >= 15 is 0 Å². The SMILES string of the molecule is CC(Cc1nnc(CO)n1C(C)C)CC(C)(C)C. The minimum absolute atomic E-state index is 0.0428. The maximum absolute atomic E-state index is 9.28. The number of aromatic nitrogens is 3. The van der Waals surface area contributed by atoms with E-state index in [-0.39, 0.29) is 6.61 Å². The lowest BCUT2D eigenvalue weighted by Gasteiger charge is -2.23. The molecule has 0 aromatic carbocycles. The van der Waals surface area contributed by atoms with Crippen molar-refractivity contribution in [1.82, 2.24) is 14.8 Å². The standard InChI is InChI=1S/C14H27N3O/c1-10(2)17-12(15-16-13(17)9-18)7-11(3)8-14(4,5)6/h10-11,18H,7-9H2,1-6H3.